The van der Waals surface area contributed by atoms with Gasteiger partial charge in [-0.1, -0.05) is 0 Å². The Balaban J connectivity index is 1.61. The Morgan fingerprint density at radius 1 is 1.15 bits per heavy atom. The summed E-state index contributed by atoms with van der Waals surface area (Å²) in [6.07, 6.45) is 3.54. The van der Waals surface area contributed by atoms with Gasteiger partial charge in [0.2, 0.25) is 5.95 Å². The number of likely N-dealkylation sites (N-methyl/N-ethyl adjacent to an activating group) is 1. The number of anilines is 1. The minimum absolute atomic E-state index is 0.657. The van der Waals surface area contributed by atoms with Gasteiger partial charge in [-0.2, -0.15) is 0 Å². The number of aryl methyl sites for hydroxylation is 1. The van der Waals surface area contributed by atoms with Crippen LogP contribution in [0, 0.1) is 6.92 Å². The second kappa shape index (κ2) is 7.39. The van der Waals surface area contributed by atoms with Crippen molar-refractivity contribution in [1.82, 2.24) is 25.2 Å². The Labute approximate surface area is 153 Å². The molecule has 3 aromatic rings. The molecule has 7 nitrogen and oxygen atoms in total. The van der Waals surface area contributed by atoms with Crippen LogP contribution in [0.5, 0.6) is 0 Å². The van der Waals surface area contributed by atoms with Gasteiger partial charge in [-0.05, 0) is 32.2 Å². The summed E-state index contributed by atoms with van der Waals surface area (Å²) in [5, 5.41) is 4.48. The minimum Gasteiger partial charge on any atom is -0.468 e. The highest BCUT2D eigenvalue weighted by Gasteiger charge is 2.18. The minimum atomic E-state index is 0.657. The van der Waals surface area contributed by atoms with E-state index in [1.807, 2.05) is 25.3 Å². The molecule has 0 amide bonds. The van der Waals surface area contributed by atoms with Gasteiger partial charge < -0.3 is 19.5 Å². The summed E-state index contributed by atoms with van der Waals surface area (Å²) in [7, 11) is 2.15. The van der Waals surface area contributed by atoms with Gasteiger partial charge in [0, 0.05) is 43.8 Å². The van der Waals surface area contributed by atoms with E-state index in [1.54, 1.807) is 6.26 Å². The highest BCUT2D eigenvalue weighted by molar-refractivity contribution is 5.81. The molecule has 0 spiro atoms. The number of rotatable bonds is 5. The van der Waals surface area contributed by atoms with Gasteiger partial charge in [0.15, 0.2) is 0 Å². The molecule has 7 heteroatoms. The zero-order valence-electron chi connectivity index (χ0n) is 15.3. The molecule has 0 radical (unpaired) electrons. The molecule has 0 saturated carbocycles. The molecular weight excluding hydrogens is 328 g/mol. The molecule has 1 saturated heterocycles. The number of piperazine rings is 1. The lowest BCUT2D eigenvalue weighted by atomic mass is 10.2. The van der Waals surface area contributed by atoms with Crippen LogP contribution in [-0.4, -0.2) is 53.1 Å². The molecule has 4 heterocycles. The number of pyridine rings is 1. The van der Waals surface area contributed by atoms with E-state index in [1.165, 1.54) is 0 Å². The third-order valence-corrected chi connectivity index (χ3v) is 4.74. The maximum Gasteiger partial charge on any atom is 0.226 e. The Morgan fingerprint density at radius 2 is 2.00 bits per heavy atom. The second-order valence-electron chi connectivity index (χ2n) is 6.79. The number of furan rings is 1. The van der Waals surface area contributed by atoms with Gasteiger partial charge in [0.1, 0.15) is 5.76 Å². The van der Waals surface area contributed by atoms with E-state index < -0.39 is 0 Å². The summed E-state index contributed by atoms with van der Waals surface area (Å²) >= 11 is 0. The van der Waals surface area contributed by atoms with E-state index in [9.17, 15) is 0 Å². The van der Waals surface area contributed by atoms with E-state index in [4.69, 9.17) is 14.4 Å². The van der Waals surface area contributed by atoms with Crippen LogP contribution in [0.25, 0.3) is 10.9 Å². The van der Waals surface area contributed by atoms with Gasteiger partial charge in [0.05, 0.1) is 30.2 Å². The number of hydrogen-bond donors (Lipinski definition) is 1. The van der Waals surface area contributed by atoms with Gasteiger partial charge in [0.25, 0.3) is 0 Å². The normalized spacial score (nSPS) is 15.7. The molecule has 0 bridgehead atoms. The Bertz CT molecular complexity index is 871. The molecule has 4 rings (SSSR count). The van der Waals surface area contributed by atoms with Crippen LogP contribution in [0.1, 0.15) is 17.1 Å². The van der Waals surface area contributed by atoms with Gasteiger partial charge >= 0.3 is 0 Å². The molecule has 1 fully saturated rings. The van der Waals surface area contributed by atoms with Crippen molar-refractivity contribution < 1.29 is 4.42 Å². The van der Waals surface area contributed by atoms with Gasteiger partial charge in [-0.25, -0.2) is 9.97 Å². The number of aromatic nitrogens is 3. The smallest absolute Gasteiger partial charge is 0.226 e. The lowest BCUT2D eigenvalue weighted by molar-refractivity contribution is 0.311. The molecule has 0 aliphatic carbocycles. The molecular formula is C19H24N6O. The van der Waals surface area contributed by atoms with E-state index in [0.29, 0.717) is 13.1 Å². The Kier molecular flexibility index (Phi) is 4.81. The lowest BCUT2D eigenvalue weighted by Gasteiger charge is -2.32. The number of hydrogen-bond acceptors (Lipinski definition) is 7. The lowest BCUT2D eigenvalue weighted by Crippen LogP contribution is -2.45. The second-order valence-corrected chi connectivity index (χ2v) is 6.79. The van der Waals surface area contributed by atoms with Crippen LogP contribution in [0.4, 0.5) is 5.95 Å². The first-order valence-electron chi connectivity index (χ1n) is 8.99. The summed E-state index contributed by atoms with van der Waals surface area (Å²) in [5.74, 6) is 1.71. The van der Waals surface area contributed by atoms with Gasteiger partial charge in [-0.15, -0.1) is 0 Å². The highest BCUT2D eigenvalue weighted by atomic mass is 16.3. The van der Waals surface area contributed by atoms with Crippen molar-refractivity contribution in [3.05, 3.63) is 47.8 Å². The largest absolute Gasteiger partial charge is 0.468 e. The number of nitrogens with zero attached hydrogens (tertiary/aromatic N) is 5. The Hall–Kier alpha value is -2.51. The maximum absolute atomic E-state index is 5.39. The van der Waals surface area contributed by atoms with Crippen LogP contribution < -0.4 is 10.2 Å². The van der Waals surface area contributed by atoms with E-state index in [2.05, 4.69) is 33.2 Å². The average Bonchev–Trinajstić information content (AvgIpc) is 3.16. The fourth-order valence-electron chi connectivity index (χ4n) is 3.19. The molecule has 1 N–H and O–H groups in total. The quantitative estimate of drug-likeness (QED) is 0.753. The van der Waals surface area contributed by atoms with Crippen LogP contribution in [-0.2, 0) is 13.1 Å². The first-order valence-corrected chi connectivity index (χ1v) is 8.99. The van der Waals surface area contributed by atoms with Crippen molar-refractivity contribution in [1.29, 1.82) is 0 Å². The maximum atomic E-state index is 5.39. The highest BCUT2D eigenvalue weighted by Crippen LogP contribution is 2.21. The van der Waals surface area contributed by atoms with E-state index in [0.717, 1.165) is 60.2 Å². The van der Waals surface area contributed by atoms with Crippen molar-refractivity contribution in [2.75, 3.05) is 38.1 Å². The fraction of sp³-hybridized carbons (Fsp3) is 0.421. The monoisotopic (exact) mass is 352 g/mol. The SMILES string of the molecule is Cc1cc2c(CNCc3ccco3)nc(N3CCN(C)CC3)nc2cn1. The molecule has 0 atom stereocenters. The molecule has 1 aliphatic rings. The molecule has 0 aromatic carbocycles. The van der Waals surface area contributed by atoms with Crippen molar-refractivity contribution in [2.24, 2.45) is 0 Å². The fourth-order valence-corrected chi connectivity index (χ4v) is 3.19. The predicted molar refractivity (Wildman–Crippen MR) is 101 cm³/mol. The van der Waals surface area contributed by atoms with E-state index >= 15 is 0 Å². The topological polar surface area (TPSA) is 70.3 Å². The molecule has 136 valence electrons. The van der Waals surface area contributed by atoms with Gasteiger partial charge in [-0.3, -0.25) is 4.98 Å². The summed E-state index contributed by atoms with van der Waals surface area (Å²) in [6.45, 7) is 7.27. The zero-order valence-corrected chi connectivity index (χ0v) is 15.3. The van der Waals surface area contributed by atoms with Crippen LogP contribution in [0.15, 0.2) is 35.1 Å². The van der Waals surface area contributed by atoms with E-state index in [-0.39, 0.29) is 0 Å². The van der Waals surface area contributed by atoms with Crippen molar-refractivity contribution in [3.8, 4) is 0 Å². The summed E-state index contributed by atoms with van der Waals surface area (Å²) in [4.78, 5) is 18.7. The van der Waals surface area contributed by atoms with Crippen molar-refractivity contribution in [2.45, 2.75) is 20.0 Å². The molecule has 1 aliphatic heterocycles. The van der Waals surface area contributed by atoms with Crippen LogP contribution >= 0.6 is 0 Å². The standard InChI is InChI=1S/C19H24N6O/c1-14-10-16-17(12-20-11-15-4-3-9-26-15)22-19(23-18(16)13-21-14)25-7-5-24(2)6-8-25/h3-4,9-10,13,20H,5-8,11-12H2,1-2H3. The summed E-state index contributed by atoms with van der Waals surface area (Å²) < 4.78 is 5.39. The van der Waals surface area contributed by atoms with Crippen LogP contribution in [0.2, 0.25) is 0 Å². The first kappa shape index (κ1) is 16.9. The first-order chi connectivity index (χ1) is 12.7. The zero-order chi connectivity index (χ0) is 17.9. The average molecular weight is 352 g/mol. The third-order valence-electron chi connectivity index (χ3n) is 4.74. The summed E-state index contributed by atoms with van der Waals surface area (Å²) in [5.41, 5.74) is 2.87. The number of nitrogens with one attached hydrogen (secondary N) is 1. The predicted octanol–water partition coefficient (Wildman–Crippen LogP) is 1.97. The van der Waals surface area contributed by atoms with Crippen molar-refractivity contribution >= 4 is 16.9 Å². The van der Waals surface area contributed by atoms with Crippen molar-refractivity contribution in [3.63, 3.8) is 0 Å². The number of fused-ring (bicyclic) bond motifs is 1. The Morgan fingerprint density at radius 3 is 2.77 bits per heavy atom. The van der Waals surface area contributed by atoms with Crippen LogP contribution in [0.3, 0.4) is 0 Å². The third kappa shape index (κ3) is 3.68. The molecule has 26 heavy (non-hydrogen) atoms. The molecule has 3 aromatic heterocycles. The molecule has 0 unspecified atom stereocenters. The summed E-state index contributed by atoms with van der Waals surface area (Å²) in [6, 6.07) is 5.93.